The second-order valence-electron chi connectivity index (χ2n) is 4.74. The van der Waals surface area contributed by atoms with Crippen molar-refractivity contribution in [1.82, 2.24) is 24.2 Å². The molecule has 0 amide bonds. The van der Waals surface area contributed by atoms with Crippen LogP contribution in [0.15, 0.2) is 18.0 Å². The Kier molecular flexibility index (Phi) is 4.85. The molecule has 20 heavy (non-hydrogen) atoms. The van der Waals surface area contributed by atoms with E-state index in [-0.39, 0.29) is 0 Å². The predicted octanol–water partition coefficient (Wildman–Crippen LogP) is 2.76. The lowest BCUT2D eigenvalue weighted by molar-refractivity contribution is 0.241. The van der Waals surface area contributed by atoms with Gasteiger partial charge in [0.05, 0.1) is 17.4 Å². The van der Waals surface area contributed by atoms with Crippen LogP contribution in [0.25, 0.3) is 0 Å². The van der Waals surface area contributed by atoms with E-state index < -0.39 is 0 Å². The van der Waals surface area contributed by atoms with Gasteiger partial charge < -0.3 is 4.57 Å². The van der Waals surface area contributed by atoms with Gasteiger partial charge in [0.2, 0.25) is 0 Å². The average Bonchev–Trinajstić information content (AvgIpc) is 2.89. The first-order valence-electron chi connectivity index (χ1n) is 6.36. The molecule has 0 atom stereocenters. The highest BCUT2D eigenvalue weighted by Gasteiger charge is 2.09. The minimum absolute atomic E-state index is 0.653. The van der Waals surface area contributed by atoms with Crippen molar-refractivity contribution >= 4 is 23.6 Å². The molecule has 7 heteroatoms. The van der Waals surface area contributed by atoms with Crippen LogP contribution >= 0.6 is 23.6 Å². The molecule has 0 saturated carbocycles. The molecular formula is C13H19N5S2. The van der Waals surface area contributed by atoms with Crippen LogP contribution in [-0.2, 0) is 19.8 Å². The summed E-state index contributed by atoms with van der Waals surface area (Å²) < 4.78 is 4.54. The summed E-state index contributed by atoms with van der Waals surface area (Å²) in [7, 11) is 2.04. The Bertz CT molecular complexity index is 652. The topological polar surface area (TPSA) is 38.9 Å². The van der Waals surface area contributed by atoms with Gasteiger partial charge in [-0.05, 0) is 33.1 Å². The molecular weight excluding hydrogens is 290 g/mol. The number of thiazole rings is 1. The fraction of sp³-hybridized carbons (Fsp3) is 0.462. The third-order valence-electron chi connectivity index (χ3n) is 2.89. The monoisotopic (exact) mass is 309 g/mol. The number of allylic oxidation sites excluding steroid dienone is 1. The molecule has 2 rings (SSSR count). The van der Waals surface area contributed by atoms with Crippen LogP contribution in [0.5, 0.6) is 0 Å². The molecule has 108 valence electrons. The van der Waals surface area contributed by atoms with Crippen LogP contribution in [0.2, 0.25) is 0 Å². The molecule has 0 spiro atoms. The number of rotatable bonds is 6. The van der Waals surface area contributed by atoms with Crippen molar-refractivity contribution in [3.63, 3.8) is 0 Å². The molecule has 0 aliphatic rings. The number of hydrogen-bond acceptors (Lipinski definition) is 5. The van der Waals surface area contributed by atoms with Crippen LogP contribution in [-0.4, -0.2) is 31.3 Å². The number of hydrogen-bond donors (Lipinski definition) is 0. The molecule has 0 aliphatic heterocycles. The molecule has 2 aromatic rings. The summed E-state index contributed by atoms with van der Waals surface area (Å²) in [6, 6.07) is 0. The first-order chi connectivity index (χ1) is 9.51. The molecule has 0 bridgehead atoms. The normalized spacial score (nSPS) is 11.2. The van der Waals surface area contributed by atoms with E-state index in [0.29, 0.717) is 13.2 Å². The van der Waals surface area contributed by atoms with E-state index in [1.54, 1.807) is 11.3 Å². The molecule has 2 aromatic heterocycles. The Morgan fingerprint density at radius 1 is 1.50 bits per heavy atom. The van der Waals surface area contributed by atoms with E-state index in [9.17, 15) is 0 Å². The van der Waals surface area contributed by atoms with E-state index in [0.717, 1.165) is 27.8 Å². The third kappa shape index (κ3) is 3.41. The van der Waals surface area contributed by atoms with Crippen molar-refractivity contribution in [1.29, 1.82) is 0 Å². The maximum absolute atomic E-state index is 5.44. The highest BCUT2D eigenvalue weighted by Crippen LogP contribution is 2.10. The smallest absolute Gasteiger partial charge is 0.199 e. The van der Waals surface area contributed by atoms with Crippen molar-refractivity contribution in [3.05, 3.63) is 39.3 Å². The van der Waals surface area contributed by atoms with Gasteiger partial charge in [0.25, 0.3) is 0 Å². The van der Waals surface area contributed by atoms with E-state index >= 15 is 0 Å². The van der Waals surface area contributed by atoms with E-state index in [1.165, 1.54) is 0 Å². The maximum atomic E-state index is 5.44. The molecule has 0 unspecified atom stereocenters. The molecule has 0 fully saturated rings. The Balaban J connectivity index is 2.08. The SMILES string of the molecule is C=CCn1c(C)nn(CN(C)Cc2csc(C)n2)c1=S. The van der Waals surface area contributed by atoms with Gasteiger partial charge >= 0.3 is 0 Å². The molecule has 0 saturated heterocycles. The number of aryl methyl sites for hydroxylation is 2. The van der Waals surface area contributed by atoms with Crippen LogP contribution in [0.1, 0.15) is 16.5 Å². The average molecular weight is 309 g/mol. The Labute approximate surface area is 128 Å². The van der Waals surface area contributed by atoms with Crippen LogP contribution in [0, 0.1) is 18.6 Å². The summed E-state index contributed by atoms with van der Waals surface area (Å²) in [5.41, 5.74) is 1.09. The zero-order valence-corrected chi connectivity index (χ0v) is 13.7. The van der Waals surface area contributed by atoms with Crippen LogP contribution in [0.4, 0.5) is 0 Å². The van der Waals surface area contributed by atoms with Gasteiger partial charge in [-0.2, -0.15) is 5.10 Å². The van der Waals surface area contributed by atoms with E-state index in [1.807, 2.05) is 36.2 Å². The second-order valence-corrected chi connectivity index (χ2v) is 6.17. The van der Waals surface area contributed by atoms with Crippen molar-refractivity contribution in [3.8, 4) is 0 Å². The summed E-state index contributed by atoms with van der Waals surface area (Å²) >= 11 is 7.11. The van der Waals surface area contributed by atoms with E-state index in [2.05, 4.69) is 26.9 Å². The largest absolute Gasteiger partial charge is 0.300 e. The number of aromatic nitrogens is 4. The van der Waals surface area contributed by atoms with Crippen molar-refractivity contribution in [2.75, 3.05) is 7.05 Å². The lowest BCUT2D eigenvalue weighted by atomic mass is 10.4. The van der Waals surface area contributed by atoms with Gasteiger partial charge in [-0.3, -0.25) is 4.90 Å². The fourth-order valence-electron chi connectivity index (χ4n) is 2.02. The molecule has 0 N–H and O–H groups in total. The Morgan fingerprint density at radius 2 is 2.25 bits per heavy atom. The lowest BCUT2D eigenvalue weighted by Crippen LogP contribution is -2.22. The minimum atomic E-state index is 0.653. The minimum Gasteiger partial charge on any atom is -0.300 e. The molecule has 5 nitrogen and oxygen atoms in total. The quantitative estimate of drug-likeness (QED) is 0.607. The van der Waals surface area contributed by atoms with Gasteiger partial charge in [0.15, 0.2) is 4.77 Å². The van der Waals surface area contributed by atoms with Crippen LogP contribution in [0.3, 0.4) is 0 Å². The Hall–Kier alpha value is -1.31. The standard InChI is InChI=1S/C13H19N5S2/c1-5-6-17-10(2)15-18(13(17)19)9-16(4)7-12-8-20-11(3)14-12/h5,8H,1,6-7,9H2,2-4H3. The zero-order chi connectivity index (χ0) is 14.7. The van der Waals surface area contributed by atoms with Crippen molar-refractivity contribution in [2.45, 2.75) is 33.6 Å². The maximum Gasteiger partial charge on any atom is 0.199 e. The van der Waals surface area contributed by atoms with Crippen molar-refractivity contribution in [2.24, 2.45) is 0 Å². The van der Waals surface area contributed by atoms with Gasteiger partial charge in [-0.15, -0.1) is 17.9 Å². The molecule has 2 heterocycles. The number of nitrogens with zero attached hydrogens (tertiary/aromatic N) is 5. The van der Waals surface area contributed by atoms with Crippen LogP contribution < -0.4 is 0 Å². The molecule has 0 aliphatic carbocycles. The summed E-state index contributed by atoms with van der Waals surface area (Å²) in [5.74, 6) is 0.910. The second kappa shape index (κ2) is 6.43. The third-order valence-corrected chi connectivity index (χ3v) is 4.15. The van der Waals surface area contributed by atoms with Gasteiger partial charge in [0, 0.05) is 18.5 Å². The summed E-state index contributed by atoms with van der Waals surface area (Å²) in [5, 5.41) is 7.67. The first kappa shape index (κ1) is 15.1. The fourth-order valence-corrected chi connectivity index (χ4v) is 2.93. The lowest BCUT2D eigenvalue weighted by Gasteiger charge is -2.14. The van der Waals surface area contributed by atoms with Gasteiger partial charge in [-0.1, -0.05) is 6.08 Å². The summed E-state index contributed by atoms with van der Waals surface area (Å²) in [6.45, 7) is 9.86. The zero-order valence-electron chi connectivity index (χ0n) is 12.0. The molecule has 0 aromatic carbocycles. The summed E-state index contributed by atoms with van der Waals surface area (Å²) in [6.07, 6.45) is 1.83. The summed E-state index contributed by atoms with van der Waals surface area (Å²) in [4.78, 5) is 6.62. The highest BCUT2D eigenvalue weighted by atomic mass is 32.1. The van der Waals surface area contributed by atoms with Crippen molar-refractivity contribution < 1.29 is 0 Å². The Morgan fingerprint density at radius 3 is 2.85 bits per heavy atom. The highest BCUT2D eigenvalue weighted by molar-refractivity contribution is 7.71. The van der Waals surface area contributed by atoms with Gasteiger partial charge in [-0.25, -0.2) is 9.67 Å². The van der Waals surface area contributed by atoms with E-state index in [4.69, 9.17) is 12.2 Å². The predicted molar refractivity (Wildman–Crippen MR) is 84.3 cm³/mol. The first-order valence-corrected chi connectivity index (χ1v) is 7.64. The molecule has 0 radical (unpaired) electrons. The van der Waals surface area contributed by atoms with Gasteiger partial charge in [0.1, 0.15) is 5.82 Å².